The van der Waals surface area contributed by atoms with Gasteiger partial charge in [-0.3, -0.25) is 4.79 Å². The van der Waals surface area contributed by atoms with E-state index in [4.69, 9.17) is 10.5 Å². The minimum absolute atomic E-state index is 0.179. The molecular weight excluding hydrogens is 252 g/mol. The molecule has 1 rings (SSSR count). The highest BCUT2D eigenvalue weighted by molar-refractivity contribution is 5.81. The van der Waals surface area contributed by atoms with Crippen LogP contribution in [0.4, 0.5) is 0 Å². The number of rotatable bonds is 5. The number of nitrogens with one attached hydrogen (secondary N) is 1. The Hall–Kier alpha value is -1.39. The van der Waals surface area contributed by atoms with Crippen LogP contribution in [0.25, 0.3) is 0 Å². The zero-order valence-electron chi connectivity index (χ0n) is 13.4. The molecule has 4 heteroatoms. The predicted molar refractivity (Wildman–Crippen MR) is 81.8 cm³/mol. The fourth-order valence-corrected chi connectivity index (χ4v) is 2.40. The minimum Gasteiger partial charge on any atom is -0.383 e. The first-order chi connectivity index (χ1) is 9.31. The van der Waals surface area contributed by atoms with E-state index in [1.54, 1.807) is 0 Å². The Labute approximate surface area is 121 Å². The highest BCUT2D eigenvalue weighted by Gasteiger charge is 2.16. The van der Waals surface area contributed by atoms with Crippen molar-refractivity contribution in [2.24, 2.45) is 5.73 Å². The maximum absolute atomic E-state index is 11.8. The number of nitrogens with two attached hydrogens (primary N) is 1. The van der Waals surface area contributed by atoms with E-state index in [9.17, 15) is 4.79 Å². The smallest absolute Gasteiger partial charge is 0.239 e. The van der Waals surface area contributed by atoms with E-state index < -0.39 is 6.04 Å². The van der Waals surface area contributed by atoms with Gasteiger partial charge in [-0.25, -0.2) is 0 Å². The molecular formula is C16H26N2O2. The maximum Gasteiger partial charge on any atom is 0.239 e. The topological polar surface area (TPSA) is 64.3 Å². The van der Waals surface area contributed by atoms with Gasteiger partial charge in [0.05, 0.1) is 6.61 Å². The summed E-state index contributed by atoms with van der Waals surface area (Å²) in [6.07, 6.45) is 0. The predicted octanol–water partition coefficient (Wildman–Crippen LogP) is 1.82. The van der Waals surface area contributed by atoms with E-state index in [0.717, 1.165) is 0 Å². The van der Waals surface area contributed by atoms with Crippen molar-refractivity contribution in [1.82, 2.24) is 5.32 Å². The maximum atomic E-state index is 11.8. The van der Waals surface area contributed by atoms with Crippen LogP contribution in [0.5, 0.6) is 0 Å². The minimum atomic E-state index is -0.617. The van der Waals surface area contributed by atoms with Crippen LogP contribution in [0.3, 0.4) is 0 Å². The van der Waals surface area contributed by atoms with Gasteiger partial charge in [0.15, 0.2) is 0 Å². The summed E-state index contributed by atoms with van der Waals surface area (Å²) >= 11 is 0. The molecule has 112 valence electrons. The fourth-order valence-electron chi connectivity index (χ4n) is 2.40. The molecule has 0 saturated heterocycles. The molecule has 0 fully saturated rings. The third kappa shape index (κ3) is 3.38. The molecule has 0 saturated carbocycles. The van der Waals surface area contributed by atoms with Crippen LogP contribution < -0.4 is 11.1 Å². The Bertz CT molecular complexity index is 481. The van der Waals surface area contributed by atoms with Crippen molar-refractivity contribution in [3.05, 3.63) is 33.4 Å². The van der Waals surface area contributed by atoms with Crippen LogP contribution in [-0.2, 0) is 16.1 Å². The van der Waals surface area contributed by atoms with E-state index >= 15 is 0 Å². The molecule has 0 radical (unpaired) electrons. The fraction of sp³-hybridized carbons (Fsp3) is 0.562. The quantitative estimate of drug-likeness (QED) is 0.863. The van der Waals surface area contributed by atoms with Crippen molar-refractivity contribution in [3.8, 4) is 0 Å². The van der Waals surface area contributed by atoms with Gasteiger partial charge < -0.3 is 15.8 Å². The molecule has 1 aromatic carbocycles. The summed E-state index contributed by atoms with van der Waals surface area (Å²) in [5.74, 6) is -0.179. The summed E-state index contributed by atoms with van der Waals surface area (Å²) < 4.78 is 4.89. The lowest BCUT2D eigenvalue weighted by Crippen LogP contribution is -2.43. The largest absolute Gasteiger partial charge is 0.383 e. The van der Waals surface area contributed by atoms with Crippen LogP contribution in [0.15, 0.2) is 0 Å². The Morgan fingerprint density at radius 1 is 1.05 bits per heavy atom. The number of carbonyl (C=O) groups is 1. The third-order valence-corrected chi connectivity index (χ3v) is 4.28. The average molecular weight is 278 g/mol. The van der Waals surface area contributed by atoms with E-state index in [1.807, 2.05) is 0 Å². The zero-order valence-corrected chi connectivity index (χ0v) is 13.4. The summed E-state index contributed by atoms with van der Waals surface area (Å²) in [6, 6.07) is -0.617. The number of hydrogen-bond acceptors (Lipinski definition) is 3. The average Bonchev–Trinajstić information content (AvgIpc) is 2.43. The van der Waals surface area contributed by atoms with Gasteiger partial charge in [-0.1, -0.05) is 0 Å². The van der Waals surface area contributed by atoms with Crippen LogP contribution in [0.1, 0.15) is 33.4 Å². The molecule has 1 unspecified atom stereocenters. The highest BCUT2D eigenvalue weighted by Crippen LogP contribution is 2.25. The van der Waals surface area contributed by atoms with Gasteiger partial charge in [-0.05, 0) is 68.0 Å². The molecule has 4 nitrogen and oxygen atoms in total. The number of benzene rings is 1. The van der Waals surface area contributed by atoms with Crippen molar-refractivity contribution in [3.63, 3.8) is 0 Å². The lowest BCUT2D eigenvalue weighted by molar-refractivity contribution is -0.123. The number of amides is 1. The van der Waals surface area contributed by atoms with Crippen molar-refractivity contribution < 1.29 is 9.53 Å². The molecule has 0 aliphatic heterocycles. The van der Waals surface area contributed by atoms with Crippen LogP contribution in [0.2, 0.25) is 0 Å². The first-order valence-corrected chi connectivity index (χ1v) is 6.89. The van der Waals surface area contributed by atoms with Crippen molar-refractivity contribution in [1.29, 1.82) is 0 Å². The van der Waals surface area contributed by atoms with Gasteiger partial charge in [-0.2, -0.15) is 0 Å². The number of ether oxygens (including phenoxy) is 1. The Kier molecular flexibility index (Phi) is 5.72. The second-order valence-corrected chi connectivity index (χ2v) is 5.38. The van der Waals surface area contributed by atoms with Gasteiger partial charge >= 0.3 is 0 Å². The van der Waals surface area contributed by atoms with E-state index in [0.29, 0.717) is 6.54 Å². The molecule has 20 heavy (non-hydrogen) atoms. The van der Waals surface area contributed by atoms with Gasteiger partial charge in [0.2, 0.25) is 5.91 Å². The zero-order chi connectivity index (χ0) is 15.4. The molecule has 1 atom stereocenters. The van der Waals surface area contributed by atoms with Crippen LogP contribution >= 0.6 is 0 Å². The lowest BCUT2D eigenvalue weighted by atomic mass is 9.89. The first-order valence-electron chi connectivity index (χ1n) is 6.89. The molecule has 0 spiro atoms. The number of methoxy groups -OCH3 is 1. The van der Waals surface area contributed by atoms with Gasteiger partial charge in [0, 0.05) is 13.7 Å². The molecule has 0 heterocycles. The standard InChI is InChI=1S/C16H26N2O2/c1-9-10(2)12(4)14(13(5)11(9)3)7-18-16(19)15(17)8-20-6/h15H,7-8,17H2,1-6H3,(H,18,19). The van der Waals surface area contributed by atoms with Gasteiger partial charge in [-0.15, -0.1) is 0 Å². The Morgan fingerprint density at radius 3 is 1.95 bits per heavy atom. The highest BCUT2D eigenvalue weighted by atomic mass is 16.5. The molecule has 0 aliphatic carbocycles. The molecule has 1 amide bonds. The molecule has 0 aliphatic rings. The molecule has 3 N–H and O–H groups in total. The number of carbonyl (C=O) groups excluding carboxylic acids is 1. The number of hydrogen-bond donors (Lipinski definition) is 2. The summed E-state index contributed by atoms with van der Waals surface area (Å²) in [5.41, 5.74) is 13.3. The Morgan fingerprint density at radius 2 is 1.50 bits per heavy atom. The summed E-state index contributed by atoms with van der Waals surface area (Å²) in [6.45, 7) is 11.3. The third-order valence-electron chi connectivity index (χ3n) is 4.28. The van der Waals surface area contributed by atoms with Crippen molar-refractivity contribution >= 4 is 5.91 Å². The van der Waals surface area contributed by atoms with Gasteiger partial charge in [0.25, 0.3) is 0 Å². The normalized spacial score (nSPS) is 12.3. The summed E-state index contributed by atoms with van der Waals surface area (Å²) in [5, 5.41) is 2.90. The second-order valence-electron chi connectivity index (χ2n) is 5.38. The second kappa shape index (κ2) is 6.86. The molecule has 1 aromatic rings. The monoisotopic (exact) mass is 278 g/mol. The van der Waals surface area contributed by atoms with Crippen LogP contribution in [-0.4, -0.2) is 25.7 Å². The lowest BCUT2D eigenvalue weighted by Gasteiger charge is -2.20. The van der Waals surface area contributed by atoms with Crippen LogP contribution in [0, 0.1) is 34.6 Å². The first kappa shape index (κ1) is 16.7. The van der Waals surface area contributed by atoms with E-state index in [-0.39, 0.29) is 12.5 Å². The van der Waals surface area contributed by atoms with E-state index in [2.05, 4.69) is 39.9 Å². The molecule has 0 aromatic heterocycles. The summed E-state index contributed by atoms with van der Waals surface area (Å²) in [4.78, 5) is 11.8. The van der Waals surface area contributed by atoms with Gasteiger partial charge in [0.1, 0.15) is 6.04 Å². The van der Waals surface area contributed by atoms with Crippen molar-refractivity contribution in [2.75, 3.05) is 13.7 Å². The van der Waals surface area contributed by atoms with E-state index in [1.165, 1.54) is 40.5 Å². The summed E-state index contributed by atoms with van der Waals surface area (Å²) in [7, 11) is 1.54. The SMILES string of the molecule is COCC(N)C(=O)NCc1c(C)c(C)c(C)c(C)c1C. The van der Waals surface area contributed by atoms with Crippen molar-refractivity contribution in [2.45, 2.75) is 47.2 Å². The Balaban J connectivity index is 2.92. The molecule has 0 bridgehead atoms.